The number of hydrogen-bond acceptors (Lipinski definition) is 2. The van der Waals surface area contributed by atoms with Crippen LogP contribution in [0.15, 0.2) is 46.9 Å². The van der Waals surface area contributed by atoms with Crippen LogP contribution in [-0.2, 0) is 6.61 Å². The van der Waals surface area contributed by atoms with Gasteiger partial charge >= 0.3 is 0 Å². The van der Waals surface area contributed by atoms with Gasteiger partial charge in [0.25, 0.3) is 0 Å². The Morgan fingerprint density at radius 3 is 2.78 bits per heavy atom. The summed E-state index contributed by atoms with van der Waals surface area (Å²) in [6.07, 6.45) is 0.738. The minimum atomic E-state index is 0.405. The Morgan fingerprint density at radius 1 is 1.22 bits per heavy atom. The van der Waals surface area contributed by atoms with Crippen molar-refractivity contribution in [3.8, 4) is 5.75 Å². The van der Waals surface area contributed by atoms with Gasteiger partial charge in [-0.3, -0.25) is 4.79 Å². The van der Waals surface area contributed by atoms with Crippen molar-refractivity contribution >= 4 is 33.8 Å². The number of rotatable bonds is 4. The summed E-state index contributed by atoms with van der Waals surface area (Å²) in [7, 11) is 0. The zero-order valence-electron chi connectivity index (χ0n) is 9.40. The summed E-state index contributed by atoms with van der Waals surface area (Å²) in [6, 6.07) is 12.8. The van der Waals surface area contributed by atoms with Crippen molar-refractivity contribution in [1.29, 1.82) is 0 Å². The van der Waals surface area contributed by atoms with Crippen LogP contribution < -0.4 is 4.74 Å². The number of halogens is 2. The predicted octanol–water partition coefficient (Wildman–Crippen LogP) is 4.49. The fourth-order valence-corrected chi connectivity index (χ4v) is 2.16. The van der Waals surface area contributed by atoms with E-state index in [0.29, 0.717) is 22.9 Å². The Morgan fingerprint density at radius 2 is 2.06 bits per heavy atom. The van der Waals surface area contributed by atoms with Crippen LogP contribution in [0.1, 0.15) is 15.9 Å². The fourth-order valence-electron chi connectivity index (χ4n) is 1.53. The Labute approximate surface area is 119 Å². The van der Waals surface area contributed by atoms with Crippen molar-refractivity contribution in [3.05, 3.63) is 63.1 Å². The first kappa shape index (κ1) is 13.1. The molecule has 0 saturated carbocycles. The van der Waals surface area contributed by atoms with Crippen molar-refractivity contribution in [2.75, 3.05) is 0 Å². The van der Waals surface area contributed by atoms with Gasteiger partial charge in [-0.25, -0.2) is 0 Å². The number of ether oxygens (including phenoxy) is 1. The Balaban J connectivity index is 2.13. The third-order valence-electron chi connectivity index (χ3n) is 2.38. The molecule has 0 bridgehead atoms. The lowest BCUT2D eigenvalue weighted by Gasteiger charge is -2.09. The molecule has 18 heavy (non-hydrogen) atoms. The molecule has 0 fully saturated rings. The van der Waals surface area contributed by atoms with Crippen molar-refractivity contribution in [3.63, 3.8) is 0 Å². The zero-order chi connectivity index (χ0) is 13.0. The average molecular weight is 326 g/mol. The van der Waals surface area contributed by atoms with E-state index in [1.165, 1.54) is 0 Å². The minimum absolute atomic E-state index is 0.405. The summed E-state index contributed by atoms with van der Waals surface area (Å²) in [6.45, 7) is 0.405. The van der Waals surface area contributed by atoms with Crippen LogP contribution in [0.3, 0.4) is 0 Å². The molecule has 0 aromatic heterocycles. The number of carbonyl (C=O) groups excluding carboxylic acids is 1. The highest BCUT2D eigenvalue weighted by Crippen LogP contribution is 2.22. The van der Waals surface area contributed by atoms with Crippen molar-refractivity contribution in [2.24, 2.45) is 0 Å². The molecule has 0 unspecified atom stereocenters. The molecule has 0 saturated heterocycles. The molecule has 2 rings (SSSR count). The standard InChI is InChI=1S/C14H10BrClO2/c15-12-3-1-2-10(6-12)9-18-14-5-4-13(16)7-11(14)8-17/h1-8H,9H2. The van der Waals surface area contributed by atoms with Crippen LogP contribution in [-0.4, -0.2) is 6.29 Å². The second kappa shape index (κ2) is 6.03. The first-order valence-electron chi connectivity index (χ1n) is 5.31. The maximum Gasteiger partial charge on any atom is 0.153 e. The Kier molecular flexibility index (Phi) is 4.39. The summed E-state index contributed by atoms with van der Waals surface area (Å²) in [4.78, 5) is 10.9. The van der Waals surface area contributed by atoms with Crippen molar-refractivity contribution in [1.82, 2.24) is 0 Å². The molecule has 0 aliphatic heterocycles. The summed E-state index contributed by atoms with van der Waals surface area (Å²) in [5, 5.41) is 0.520. The van der Waals surface area contributed by atoms with E-state index in [0.717, 1.165) is 16.3 Å². The normalized spacial score (nSPS) is 10.1. The fraction of sp³-hybridized carbons (Fsp3) is 0.0714. The average Bonchev–Trinajstić information content (AvgIpc) is 2.37. The van der Waals surface area contributed by atoms with Crippen molar-refractivity contribution < 1.29 is 9.53 Å². The van der Waals surface area contributed by atoms with E-state index in [1.807, 2.05) is 24.3 Å². The molecule has 0 spiro atoms. The first-order valence-corrected chi connectivity index (χ1v) is 6.48. The maximum absolute atomic E-state index is 10.9. The summed E-state index contributed by atoms with van der Waals surface area (Å²) in [5.74, 6) is 0.536. The number of benzene rings is 2. The van der Waals surface area contributed by atoms with Crippen molar-refractivity contribution in [2.45, 2.75) is 6.61 Å². The highest BCUT2D eigenvalue weighted by molar-refractivity contribution is 9.10. The second-order valence-electron chi connectivity index (χ2n) is 3.72. The van der Waals surface area contributed by atoms with Gasteiger partial charge in [-0.2, -0.15) is 0 Å². The van der Waals surface area contributed by atoms with E-state index in [-0.39, 0.29) is 0 Å². The molecule has 2 aromatic rings. The van der Waals surface area contributed by atoms with Gasteiger partial charge in [-0.05, 0) is 35.9 Å². The molecule has 92 valence electrons. The lowest BCUT2D eigenvalue weighted by atomic mass is 10.2. The zero-order valence-corrected chi connectivity index (χ0v) is 11.7. The topological polar surface area (TPSA) is 26.3 Å². The van der Waals surface area contributed by atoms with Gasteiger partial charge in [-0.15, -0.1) is 0 Å². The maximum atomic E-state index is 10.9. The molecular formula is C14H10BrClO2. The predicted molar refractivity (Wildman–Crippen MR) is 75.3 cm³/mol. The molecule has 0 N–H and O–H groups in total. The summed E-state index contributed by atoms with van der Waals surface area (Å²) in [5.41, 5.74) is 1.48. The van der Waals surface area contributed by atoms with Gasteiger partial charge in [0.15, 0.2) is 6.29 Å². The third kappa shape index (κ3) is 3.34. The van der Waals surface area contributed by atoms with E-state index in [2.05, 4.69) is 15.9 Å². The highest BCUT2D eigenvalue weighted by Gasteiger charge is 2.04. The van der Waals surface area contributed by atoms with Gasteiger partial charge < -0.3 is 4.74 Å². The van der Waals surface area contributed by atoms with Crippen LogP contribution in [0.2, 0.25) is 5.02 Å². The van der Waals surface area contributed by atoms with E-state index < -0.39 is 0 Å². The third-order valence-corrected chi connectivity index (χ3v) is 3.11. The van der Waals surface area contributed by atoms with Gasteiger partial charge in [0, 0.05) is 9.50 Å². The van der Waals surface area contributed by atoms with E-state index in [1.54, 1.807) is 18.2 Å². The van der Waals surface area contributed by atoms with Crippen LogP contribution in [0, 0.1) is 0 Å². The van der Waals surface area contributed by atoms with Gasteiger partial charge in [0.2, 0.25) is 0 Å². The molecule has 0 atom stereocenters. The van der Waals surface area contributed by atoms with Crippen LogP contribution in [0.25, 0.3) is 0 Å². The van der Waals surface area contributed by atoms with E-state index in [9.17, 15) is 4.79 Å². The van der Waals surface area contributed by atoms with Gasteiger partial charge in [0.05, 0.1) is 5.56 Å². The van der Waals surface area contributed by atoms with Crippen LogP contribution in [0.5, 0.6) is 5.75 Å². The first-order chi connectivity index (χ1) is 8.69. The van der Waals surface area contributed by atoms with E-state index >= 15 is 0 Å². The molecule has 0 aliphatic carbocycles. The van der Waals surface area contributed by atoms with Crippen LogP contribution in [0.4, 0.5) is 0 Å². The SMILES string of the molecule is O=Cc1cc(Cl)ccc1OCc1cccc(Br)c1. The summed E-state index contributed by atoms with van der Waals surface area (Å²) >= 11 is 9.21. The molecule has 2 aromatic carbocycles. The minimum Gasteiger partial charge on any atom is -0.488 e. The second-order valence-corrected chi connectivity index (χ2v) is 5.07. The number of carbonyl (C=O) groups is 1. The Bertz CT molecular complexity index is 569. The molecule has 4 heteroatoms. The molecule has 0 heterocycles. The molecule has 2 nitrogen and oxygen atoms in total. The number of aldehydes is 1. The molecule has 0 radical (unpaired) electrons. The van der Waals surface area contributed by atoms with Gasteiger partial charge in [0.1, 0.15) is 12.4 Å². The monoisotopic (exact) mass is 324 g/mol. The lowest BCUT2D eigenvalue weighted by Crippen LogP contribution is -1.98. The van der Waals surface area contributed by atoms with Crippen LogP contribution >= 0.6 is 27.5 Å². The molecule has 0 aliphatic rings. The smallest absolute Gasteiger partial charge is 0.153 e. The molecule has 0 amide bonds. The quantitative estimate of drug-likeness (QED) is 0.774. The lowest BCUT2D eigenvalue weighted by molar-refractivity contribution is 0.111. The Hall–Kier alpha value is -1.32. The van der Waals surface area contributed by atoms with E-state index in [4.69, 9.17) is 16.3 Å². The largest absolute Gasteiger partial charge is 0.488 e. The summed E-state index contributed by atoms with van der Waals surface area (Å²) < 4.78 is 6.61. The highest BCUT2D eigenvalue weighted by atomic mass is 79.9. The number of hydrogen-bond donors (Lipinski definition) is 0. The van der Waals surface area contributed by atoms with Gasteiger partial charge in [-0.1, -0.05) is 39.7 Å². The molecular weight excluding hydrogens is 316 g/mol.